The van der Waals surface area contributed by atoms with Crippen LogP contribution in [0.4, 0.5) is 19.2 Å². The van der Waals surface area contributed by atoms with Gasteiger partial charge >= 0.3 is 24.1 Å². The number of amides is 10. The first kappa shape index (κ1) is 19.7. The van der Waals surface area contributed by atoms with Crippen LogP contribution in [0.3, 0.4) is 0 Å². The minimum atomic E-state index is -1.43. The molecular weight excluding hydrogens is 372 g/mol. The van der Waals surface area contributed by atoms with E-state index in [4.69, 9.17) is 10.2 Å². The summed E-state index contributed by atoms with van der Waals surface area (Å²) in [7, 11) is 0. The van der Waals surface area contributed by atoms with Crippen LogP contribution in [0.5, 0.6) is 0 Å². The van der Waals surface area contributed by atoms with Crippen molar-refractivity contribution in [2.45, 2.75) is 12.3 Å². The van der Waals surface area contributed by atoms with E-state index in [9.17, 15) is 28.8 Å². The number of aliphatic hydroxyl groups is 2. The number of hydrogen-bond acceptors (Lipinski definition) is 8. The minimum Gasteiger partial charge on any atom is -0.376 e. The van der Waals surface area contributed by atoms with Gasteiger partial charge in [-0.3, -0.25) is 30.0 Å². The van der Waals surface area contributed by atoms with Gasteiger partial charge in [-0.05, 0) is 0 Å². The van der Waals surface area contributed by atoms with Gasteiger partial charge in [0.15, 0.2) is 12.3 Å². The van der Waals surface area contributed by atoms with E-state index in [1.165, 1.54) is 0 Å². The molecule has 2 aliphatic rings. The summed E-state index contributed by atoms with van der Waals surface area (Å²) in [5.74, 6) is -1.70. The molecule has 0 aromatic heterocycles. The zero-order valence-electron chi connectivity index (χ0n) is 13.5. The number of nitrogens with zero attached hydrogens (tertiary/aromatic N) is 2. The van der Waals surface area contributed by atoms with E-state index < -0.39 is 68.4 Å². The number of nitrogens with one attached hydrogen (secondary N) is 6. The molecule has 16 nitrogen and oxygen atoms in total. The van der Waals surface area contributed by atoms with E-state index in [-0.39, 0.29) is 0 Å². The first-order valence-electron chi connectivity index (χ1n) is 7.32. The SMILES string of the molecule is O=C(NCNC(=O)N[C@H]1C(=O)NC(=O)N1CO)N[C@H]1C(=O)NC(=O)N1CO. The molecule has 2 rings (SSSR count). The molecule has 148 valence electrons. The summed E-state index contributed by atoms with van der Waals surface area (Å²) >= 11 is 0. The van der Waals surface area contributed by atoms with Gasteiger partial charge in [0.2, 0.25) is 0 Å². The Hall–Kier alpha value is -3.66. The van der Waals surface area contributed by atoms with E-state index in [1.54, 1.807) is 0 Å². The molecular formula is C11H16N8O8. The van der Waals surface area contributed by atoms with Crippen molar-refractivity contribution in [1.29, 1.82) is 0 Å². The van der Waals surface area contributed by atoms with E-state index in [0.717, 1.165) is 0 Å². The van der Waals surface area contributed by atoms with Crippen LogP contribution in [0.15, 0.2) is 0 Å². The second-order valence-corrected chi connectivity index (χ2v) is 5.09. The molecule has 8 N–H and O–H groups in total. The van der Waals surface area contributed by atoms with Crippen molar-refractivity contribution in [3.63, 3.8) is 0 Å². The molecule has 0 aliphatic carbocycles. The van der Waals surface area contributed by atoms with Gasteiger partial charge in [-0.25, -0.2) is 19.2 Å². The lowest BCUT2D eigenvalue weighted by Crippen LogP contribution is -2.56. The molecule has 0 bridgehead atoms. The van der Waals surface area contributed by atoms with Gasteiger partial charge in [0, 0.05) is 0 Å². The van der Waals surface area contributed by atoms with Gasteiger partial charge in [-0.2, -0.15) is 0 Å². The monoisotopic (exact) mass is 388 g/mol. The molecule has 0 radical (unpaired) electrons. The lowest BCUT2D eigenvalue weighted by molar-refractivity contribution is -0.123. The molecule has 2 aliphatic heterocycles. The molecule has 10 amide bonds. The topological polar surface area (TPSA) is 222 Å². The minimum absolute atomic E-state index is 0.458. The highest BCUT2D eigenvalue weighted by molar-refractivity contribution is 6.05. The molecule has 0 spiro atoms. The van der Waals surface area contributed by atoms with Crippen LogP contribution in [0, 0.1) is 0 Å². The Balaban J connectivity index is 1.75. The predicted octanol–water partition coefficient (Wildman–Crippen LogP) is -4.80. The summed E-state index contributed by atoms with van der Waals surface area (Å²) in [5.41, 5.74) is 0. The van der Waals surface area contributed by atoms with Crippen molar-refractivity contribution in [3.8, 4) is 0 Å². The lowest BCUT2D eigenvalue weighted by atomic mass is 10.4. The second-order valence-electron chi connectivity index (χ2n) is 5.09. The third-order valence-corrected chi connectivity index (χ3v) is 3.44. The van der Waals surface area contributed by atoms with Gasteiger partial charge in [0.05, 0.1) is 6.67 Å². The lowest BCUT2D eigenvalue weighted by Gasteiger charge is -2.21. The van der Waals surface area contributed by atoms with E-state index >= 15 is 0 Å². The summed E-state index contributed by atoms with van der Waals surface area (Å²) in [6, 6.07) is -3.67. The van der Waals surface area contributed by atoms with Crippen LogP contribution in [0.2, 0.25) is 0 Å². The number of aliphatic hydroxyl groups excluding tert-OH is 2. The average Bonchev–Trinajstić information content (AvgIpc) is 3.02. The van der Waals surface area contributed by atoms with Crippen LogP contribution in [-0.4, -0.2) is 88.4 Å². The van der Waals surface area contributed by atoms with E-state index in [0.29, 0.717) is 9.80 Å². The smallest absolute Gasteiger partial charge is 0.328 e. The van der Waals surface area contributed by atoms with E-state index in [2.05, 4.69) is 21.3 Å². The zero-order chi connectivity index (χ0) is 20.1. The van der Waals surface area contributed by atoms with Crippen LogP contribution < -0.4 is 31.9 Å². The largest absolute Gasteiger partial charge is 0.376 e. The standard InChI is InChI=1S/C11H16N8O8/c20-2-18-4(6(22)16-10(18)26)14-8(24)12-1-13-9(25)15-5-7(23)17-11(27)19(5)3-21/h4-5,20-21H,1-3H2,(H2,12,14,24)(H2,13,15,25)(H,16,22,26)(H,17,23,27)/t4-,5-/m1/s1. The molecule has 2 heterocycles. The van der Waals surface area contributed by atoms with Gasteiger partial charge in [-0.15, -0.1) is 0 Å². The summed E-state index contributed by atoms with van der Waals surface area (Å²) in [4.78, 5) is 70.2. The highest BCUT2D eigenvalue weighted by Crippen LogP contribution is 2.05. The van der Waals surface area contributed by atoms with Crippen molar-refractivity contribution in [3.05, 3.63) is 0 Å². The van der Waals surface area contributed by atoms with Crippen molar-refractivity contribution < 1.29 is 39.0 Å². The maximum absolute atomic E-state index is 11.7. The number of rotatable bonds is 6. The maximum Gasteiger partial charge on any atom is 0.328 e. The summed E-state index contributed by atoms with van der Waals surface area (Å²) in [6.07, 6.45) is -2.86. The highest BCUT2D eigenvalue weighted by Gasteiger charge is 2.40. The van der Waals surface area contributed by atoms with Crippen molar-refractivity contribution in [2.75, 3.05) is 20.1 Å². The molecule has 2 fully saturated rings. The summed E-state index contributed by atoms with van der Waals surface area (Å²) in [6.45, 7) is -2.08. The molecule has 0 aromatic rings. The van der Waals surface area contributed by atoms with Crippen molar-refractivity contribution in [2.24, 2.45) is 0 Å². The first-order valence-corrected chi connectivity index (χ1v) is 7.32. The number of hydrogen-bond donors (Lipinski definition) is 8. The quantitative estimate of drug-likeness (QED) is 0.162. The van der Waals surface area contributed by atoms with Gasteiger partial charge in [0.25, 0.3) is 11.8 Å². The Bertz CT molecular complexity index is 627. The Morgan fingerprint density at radius 1 is 0.815 bits per heavy atom. The third kappa shape index (κ3) is 4.30. The number of carbonyl (C=O) groups excluding carboxylic acids is 6. The molecule has 2 saturated heterocycles. The number of urea groups is 4. The molecule has 0 saturated carbocycles. The first-order chi connectivity index (χ1) is 12.8. The highest BCUT2D eigenvalue weighted by atomic mass is 16.3. The van der Waals surface area contributed by atoms with Gasteiger partial charge in [0.1, 0.15) is 13.5 Å². The molecule has 0 unspecified atom stereocenters. The Morgan fingerprint density at radius 3 is 1.52 bits per heavy atom. The number of carbonyl (C=O) groups is 6. The Kier molecular flexibility index (Phi) is 5.93. The molecule has 2 atom stereocenters. The maximum atomic E-state index is 11.7. The molecule has 27 heavy (non-hydrogen) atoms. The van der Waals surface area contributed by atoms with Crippen LogP contribution in [0.1, 0.15) is 0 Å². The van der Waals surface area contributed by atoms with Crippen molar-refractivity contribution >= 4 is 35.9 Å². The Morgan fingerprint density at radius 2 is 1.19 bits per heavy atom. The summed E-state index contributed by atoms with van der Waals surface area (Å²) < 4.78 is 0. The Labute approximate surface area is 150 Å². The zero-order valence-corrected chi connectivity index (χ0v) is 13.5. The van der Waals surface area contributed by atoms with E-state index in [1.807, 2.05) is 10.6 Å². The van der Waals surface area contributed by atoms with Gasteiger partial charge < -0.3 is 31.5 Å². The van der Waals surface area contributed by atoms with Crippen LogP contribution >= 0.6 is 0 Å². The summed E-state index contributed by atoms with van der Waals surface area (Å²) in [5, 5.41) is 30.2. The van der Waals surface area contributed by atoms with Gasteiger partial charge in [-0.1, -0.05) is 0 Å². The van der Waals surface area contributed by atoms with Crippen LogP contribution in [0.25, 0.3) is 0 Å². The third-order valence-electron chi connectivity index (χ3n) is 3.44. The fourth-order valence-electron chi connectivity index (χ4n) is 2.14. The molecule has 0 aromatic carbocycles. The predicted molar refractivity (Wildman–Crippen MR) is 80.7 cm³/mol. The van der Waals surface area contributed by atoms with Crippen LogP contribution in [-0.2, 0) is 9.59 Å². The number of imide groups is 2. The fourth-order valence-corrected chi connectivity index (χ4v) is 2.14. The second kappa shape index (κ2) is 8.15. The molecule has 16 heteroatoms. The average molecular weight is 388 g/mol. The van der Waals surface area contributed by atoms with Crippen molar-refractivity contribution in [1.82, 2.24) is 41.7 Å². The fraction of sp³-hybridized carbons (Fsp3) is 0.455. The normalized spacial score (nSPS) is 21.7.